The molecule has 0 unspecified atom stereocenters. The Morgan fingerprint density at radius 1 is 1.47 bits per heavy atom. The third kappa shape index (κ3) is 3.18. The van der Waals surface area contributed by atoms with Crippen LogP contribution in [-0.2, 0) is 0 Å². The van der Waals surface area contributed by atoms with Gasteiger partial charge >= 0.3 is 5.82 Å². The number of thiol groups is 1. The summed E-state index contributed by atoms with van der Waals surface area (Å²) in [6.07, 6.45) is 4.50. The fourth-order valence-corrected chi connectivity index (χ4v) is 2.89. The van der Waals surface area contributed by atoms with Crippen LogP contribution in [-0.4, -0.2) is 22.3 Å². The molecular weight excluding hydrogens is 264 g/mol. The number of aromatic nitrogens is 1. The summed E-state index contributed by atoms with van der Waals surface area (Å²) in [6, 6.07) is 3.35. The minimum Gasteiger partial charge on any atom is -0.485 e. The van der Waals surface area contributed by atoms with Crippen LogP contribution >= 0.6 is 12.6 Å². The third-order valence-corrected chi connectivity index (χ3v) is 4.36. The Morgan fingerprint density at radius 3 is 2.74 bits per heavy atom. The number of rotatable bonds is 5. The zero-order valence-corrected chi connectivity index (χ0v) is 11.9. The molecule has 5 nitrogen and oxygen atoms in total. The van der Waals surface area contributed by atoms with Crippen molar-refractivity contribution in [3.05, 3.63) is 27.9 Å². The zero-order valence-electron chi connectivity index (χ0n) is 11.0. The molecule has 0 saturated heterocycles. The predicted octanol–water partition coefficient (Wildman–Crippen LogP) is 3.17. The fraction of sp³-hybridized carbons (Fsp3) is 0.615. The molecule has 1 aromatic rings. The molecule has 0 bridgehead atoms. The van der Waals surface area contributed by atoms with Gasteiger partial charge in [-0.05, 0) is 40.6 Å². The lowest BCUT2D eigenvalue weighted by molar-refractivity contribution is -0.390. The number of nitro groups is 1. The fourth-order valence-electron chi connectivity index (χ4n) is 2.48. The highest BCUT2D eigenvalue weighted by molar-refractivity contribution is 7.80. The van der Waals surface area contributed by atoms with E-state index in [1.807, 2.05) is 0 Å². The van der Waals surface area contributed by atoms with E-state index in [0.717, 1.165) is 18.6 Å². The Labute approximate surface area is 117 Å². The van der Waals surface area contributed by atoms with Crippen LogP contribution in [0.1, 0.15) is 31.4 Å². The first kappa shape index (κ1) is 14.1. The summed E-state index contributed by atoms with van der Waals surface area (Å²) >= 11 is 4.40. The molecule has 0 N–H and O–H groups in total. The Bertz CT molecular complexity index is 473. The largest absolute Gasteiger partial charge is 0.485 e. The van der Waals surface area contributed by atoms with E-state index in [4.69, 9.17) is 4.74 Å². The molecule has 0 aliphatic heterocycles. The molecule has 0 aromatic carbocycles. The first-order valence-electron chi connectivity index (χ1n) is 6.42. The van der Waals surface area contributed by atoms with Gasteiger partial charge in [0.25, 0.3) is 0 Å². The van der Waals surface area contributed by atoms with Gasteiger partial charge in [0, 0.05) is 12.3 Å². The molecular formula is C13H18N2O3S. The van der Waals surface area contributed by atoms with E-state index in [1.165, 1.54) is 12.8 Å². The lowest BCUT2D eigenvalue weighted by Gasteiger charge is -2.26. The minimum absolute atomic E-state index is 0.0574. The van der Waals surface area contributed by atoms with Gasteiger partial charge in [0.05, 0.1) is 6.61 Å². The minimum atomic E-state index is -0.496. The van der Waals surface area contributed by atoms with Gasteiger partial charge in [0.2, 0.25) is 5.75 Å². The van der Waals surface area contributed by atoms with E-state index in [0.29, 0.717) is 12.3 Å². The molecule has 1 fully saturated rings. The predicted molar refractivity (Wildman–Crippen MR) is 75.9 cm³/mol. The first-order valence-corrected chi connectivity index (χ1v) is 7.05. The van der Waals surface area contributed by atoms with Gasteiger partial charge in [-0.3, -0.25) is 0 Å². The van der Waals surface area contributed by atoms with E-state index >= 15 is 0 Å². The van der Waals surface area contributed by atoms with Crippen LogP contribution in [0.25, 0.3) is 0 Å². The van der Waals surface area contributed by atoms with Gasteiger partial charge in [0.1, 0.15) is 5.69 Å². The quantitative estimate of drug-likeness (QED) is 0.512. The highest BCUT2D eigenvalue weighted by Gasteiger charge is 2.34. The van der Waals surface area contributed by atoms with Crippen molar-refractivity contribution < 1.29 is 9.66 Å². The maximum Gasteiger partial charge on any atom is 0.406 e. The summed E-state index contributed by atoms with van der Waals surface area (Å²) in [5.74, 6) is 0.802. The van der Waals surface area contributed by atoms with Gasteiger partial charge in [-0.1, -0.05) is 12.8 Å². The molecule has 0 atom stereocenters. The standard InChI is InChI=1S/C13H18N2O3S/c1-10-4-5-11(12(14-10)15(16)17)18-8-13(9-19)6-2-3-7-13/h4-5,19H,2-3,6-9H2,1H3. The van der Waals surface area contributed by atoms with E-state index < -0.39 is 4.92 Å². The molecule has 104 valence electrons. The summed E-state index contributed by atoms with van der Waals surface area (Å²) in [6.45, 7) is 2.20. The second kappa shape index (κ2) is 5.77. The van der Waals surface area contributed by atoms with Gasteiger partial charge in [-0.2, -0.15) is 12.6 Å². The number of nitrogens with zero attached hydrogens (tertiary/aromatic N) is 2. The van der Waals surface area contributed by atoms with Crippen molar-refractivity contribution in [3.63, 3.8) is 0 Å². The van der Waals surface area contributed by atoms with Crippen LogP contribution in [0.5, 0.6) is 5.75 Å². The molecule has 1 heterocycles. The lowest BCUT2D eigenvalue weighted by Crippen LogP contribution is -2.27. The van der Waals surface area contributed by atoms with Crippen LogP contribution in [0.3, 0.4) is 0 Å². The topological polar surface area (TPSA) is 65.3 Å². The summed E-state index contributed by atoms with van der Waals surface area (Å²) in [5, 5.41) is 11.0. The summed E-state index contributed by atoms with van der Waals surface area (Å²) in [4.78, 5) is 14.4. The Kier molecular flexibility index (Phi) is 4.29. The average molecular weight is 282 g/mol. The van der Waals surface area contributed by atoms with Crippen molar-refractivity contribution in [1.82, 2.24) is 4.98 Å². The summed E-state index contributed by atoms with van der Waals surface area (Å²) in [7, 11) is 0. The highest BCUT2D eigenvalue weighted by atomic mass is 32.1. The monoisotopic (exact) mass is 282 g/mol. The van der Waals surface area contributed by atoms with Gasteiger partial charge in [-0.15, -0.1) is 0 Å². The SMILES string of the molecule is Cc1ccc(OCC2(CS)CCCC2)c([N+](=O)[O-])n1. The number of hydrogen-bond donors (Lipinski definition) is 1. The molecule has 1 aliphatic carbocycles. The van der Waals surface area contributed by atoms with Crippen LogP contribution in [0.15, 0.2) is 12.1 Å². The molecule has 0 amide bonds. The number of ether oxygens (including phenoxy) is 1. The van der Waals surface area contributed by atoms with Crippen LogP contribution in [0.4, 0.5) is 5.82 Å². The number of aryl methyl sites for hydroxylation is 1. The Balaban J connectivity index is 2.13. The summed E-state index contributed by atoms with van der Waals surface area (Å²) in [5.41, 5.74) is 0.672. The normalized spacial score (nSPS) is 17.4. The molecule has 1 aliphatic rings. The Morgan fingerprint density at radius 2 is 2.16 bits per heavy atom. The van der Waals surface area contributed by atoms with Gasteiger partial charge in [-0.25, -0.2) is 0 Å². The molecule has 1 aromatic heterocycles. The van der Waals surface area contributed by atoms with Crippen LogP contribution in [0, 0.1) is 22.5 Å². The van der Waals surface area contributed by atoms with E-state index in [9.17, 15) is 10.1 Å². The molecule has 19 heavy (non-hydrogen) atoms. The second-order valence-electron chi connectivity index (χ2n) is 5.19. The van der Waals surface area contributed by atoms with Crippen LogP contribution in [0.2, 0.25) is 0 Å². The summed E-state index contributed by atoms with van der Waals surface area (Å²) < 4.78 is 5.68. The molecule has 0 radical (unpaired) electrons. The molecule has 0 spiro atoms. The molecule has 2 rings (SSSR count). The van der Waals surface area contributed by atoms with Crippen LogP contribution < -0.4 is 4.74 Å². The van der Waals surface area contributed by atoms with E-state index in [1.54, 1.807) is 19.1 Å². The van der Waals surface area contributed by atoms with Crippen molar-refractivity contribution in [1.29, 1.82) is 0 Å². The zero-order chi connectivity index (χ0) is 13.9. The number of pyridine rings is 1. The maximum atomic E-state index is 11.0. The molecule has 6 heteroatoms. The van der Waals surface area contributed by atoms with Crippen molar-refractivity contribution >= 4 is 18.4 Å². The van der Waals surface area contributed by atoms with Crippen molar-refractivity contribution in [2.75, 3.05) is 12.4 Å². The van der Waals surface area contributed by atoms with Gasteiger partial charge < -0.3 is 14.9 Å². The third-order valence-electron chi connectivity index (χ3n) is 3.68. The lowest BCUT2D eigenvalue weighted by atomic mass is 9.90. The molecule has 1 saturated carbocycles. The smallest absolute Gasteiger partial charge is 0.406 e. The highest BCUT2D eigenvalue weighted by Crippen LogP contribution is 2.40. The van der Waals surface area contributed by atoms with Gasteiger partial charge in [0.15, 0.2) is 0 Å². The second-order valence-corrected chi connectivity index (χ2v) is 5.50. The first-order chi connectivity index (χ1) is 9.06. The van der Waals surface area contributed by atoms with E-state index in [-0.39, 0.29) is 17.0 Å². The van der Waals surface area contributed by atoms with Crippen molar-refractivity contribution in [2.45, 2.75) is 32.6 Å². The van der Waals surface area contributed by atoms with E-state index in [2.05, 4.69) is 17.6 Å². The Hall–Kier alpha value is -1.30. The van der Waals surface area contributed by atoms with Crippen molar-refractivity contribution in [2.24, 2.45) is 5.41 Å². The average Bonchev–Trinajstić information content (AvgIpc) is 2.86. The van der Waals surface area contributed by atoms with Crippen molar-refractivity contribution in [3.8, 4) is 5.75 Å². The number of hydrogen-bond acceptors (Lipinski definition) is 5. The maximum absolute atomic E-state index is 11.0.